The van der Waals surface area contributed by atoms with Gasteiger partial charge in [-0.3, -0.25) is 9.59 Å². The first-order valence-corrected chi connectivity index (χ1v) is 9.00. The topological polar surface area (TPSA) is 34.1 Å². The maximum absolute atomic E-state index is 12.4. The SMILES string of the molecule is C[C@]12CCC(=O)C[C@H]1CC[C@@H]1[C@H]3CCC(=O)[C@]3(C)CC[C@@H]12. The molecule has 0 radical (unpaired) electrons. The van der Waals surface area contributed by atoms with Crippen LogP contribution in [0.5, 0.6) is 0 Å². The van der Waals surface area contributed by atoms with Gasteiger partial charge in [0, 0.05) is 24.7 Å². The normalized spacial score (nSPS) is 53.0. The summed E-state index contributed by atoms with van der Waals surface area (Å²) in [6.45, 7) is 4.72. The van der Waals surface area contributed by atoms with E-state index in [9.17, 15) is 9.59 Å². The summed E-state index contributed by atoms with van der Waals surface area (Å²) in [6.07, 6.45) is 9.53. The van der Waals surface area contributed by atoms with Crippen molar-refractivity contribution in [3.8, 4) is 0 Å². The molecule has 2 nitrogen and oxygen atoms in total. The molecule has 0 aromatic carbocycles. The Morgan fingerprint density at radius 2 is 1.71 bits per heavy atom. The van der Waals surface area contributed by atoms with Crippen LogP contribution in [0.25, 0.3) is 0 Å². The Labute approximate surface area is 128 Å². The van der Waals surface area contributed by atoms with Crippen molar-refractivity contribution in [3.63, 3.8) is 0 Å². The Hall–Kier alpha value is -0.660. The Morgan fingerprint density at radius 1 is 0.905 bits per heavy atom. The van der Waals surface area contributed by atoms with Gasteiger partial charge in [-0.15, -0.1) is 0 Å². The maximum Gasteiger partial charge on any atom is 0.139 e. The van der Waals surface area contributed by atoms with Gasteiger partial charge in [0.25, 0.3) is 0 Å². The van der Waals surface area contributed by atoms with Crippen molar-refractivity contribution < 1.29 is 9.59 Å². The van der Waals surface area contributed by atoms with E-state index in [1.54, 1.807) is 0 Å². The van der Waals surface area contributed by atoms with E-state index >= 15 is 0 Å². The average Bonchev–Trinajstić information content (AvgIpc) is 2.76. The van der Waals surface area contributed by atoms with Crippen LogP contribution in [0, 0.1) is 34.5 Å². The van der Waals surface area contributed by atoms with Gasteiger partial charge in [0.1, 0.15) is 11.6 Å². The molecule has 0 aromatic rings. The van der Waals surface area contributed by atoms with Gasteiger partial charge in [0.15, 0.2) is 0 Å². The van der Waals surface area contributed by atoms with Crippen molar-refractivity contribution in [2.24, 2.45) is 34.5 Å². The summed E-state index contributed by atoms with van der Waals surface area (Å²) in [5.74, 6) is 3.82. The largest absolute Gasteiger partial charge is 0.300 e. The zero-order valence-corrected chi connectivity index (χ0v) is 13.5. The molecule has 2 heteroatoms. The fourth-order valence-corrected chi connectivity index (χ4v) is 6.82. The lowest BCUT2D eigenvalue weighted by molar-refractivity contribution is -0.144. The zero-order chi connectivity index (χ0) is 14.8. The number of fused-ring (bicyclic) bond motifs is 5. The van der Waals surface area contributed by atoms with Crippen LogP contribution in [0.1, 0.15) is 71.6 Å². The highest BCUT2D eigenvalue weighted by molar-refractivity contribution is 5.87. The number of Topliss-reactive ketones (excluding diaryl/α,β-unsaturated/α-hetero) is 2. The molecule has 0 N–H and O–H groups in total. The number of hydrogen-bond acceptors (Lipinski definition) is 2. The smallest absolute Gasteiger partial charge is 0.139 e. The molecule has 4 saturated carbocycles. The van der Waals surface area contributed by atoms with Crippen molar-refractivity contribution in [3.05, 3.63) is 0 Å². The summed E-state index contributed by atoms with van der Waals surface area (Å²) in [4.78, 5) is 24.2. The van der Waals surface area contributed by atoms with Crippen LogP contribution < -0.4 is 0 Å². The third-order valence-electron chi connectivity index (χ3n) is 8.19. The quantitative estimate of drug-likeness (QED) is 0.670. The first-order valence-electron chi connectivity index (χ1n) is 9.00. The molecule has 4 fully saturated rings. The molecule has 0 aromatic heterocycles. The Balaban J connectivity index is 1.65. The highest BCUT2D eigenvalue weighted by atomic mass is 16.1. The summed E-state index contributed by atoms with van der Waals surface area (Å²) < 4.78 is 0. The van der Waals surface area contributed by atoms with E-state index in [2.05, 4.69) is 13.8 Å². The van der Waals surface area contributed by atoms with Crippen LogP contribution in [0.3, 0.4) is 0 Å². The maximum atomic E-state index is 12.4. The molecular formula is C19H28O2. The molecule has 6 atom stereocenters. The van der Waals surface area contributed by atoms with Crippen LogP contribution in [0.15, 0.2) is 0 Å². The summed E-state index contributed by atoms with van der Waals surface area (Å²) in [5.41, 5.74) is 0.374. The Bertz CT molecular complexity index is 496. The second-order valence-electron chi connectivity index (χ2n) is 8.82. The van der Waals surface area contributed by atoms with E-state index in [0.29, 0.717) is 28.8 Å². The van der Waals surface area contributed by atoms with Crippen LogP contribution in [0.2, 0.25) is 0 Å². The third kappa shape index (κ3) is 1.77. The van der Waals surface area contributed by atoms with E-state index < -0.39 is 0 Å². The lowest BCUT2D eigenvalue weighted by atomic mass is 9.45. The molecule has 0 aliphatic heterocycles. The van der Waals surface area contributed by atoms with Crippen LogP contribution in [0.4, 0.5) is 0 Å². The van der Waals surface area contributed by atoms with E-state index in [0.717, 1.165) is 50.4 Å². The molecule has 4 rings (SSSR count). The van der Waals surface area contributed by atoms with E-state index in [4.69, 9.17) is 0 Å². The molecule has 4 aliphatic carbocycles. The predicted molar refractivity (Wildman–Crippen MR) is 81.7 cm³/mol. The van der Waals surface area contributed by atoms with Gasteiger partial charge in [-0.25, -0.2) is 0 Å². The molecule has 0 saturated heterocycles. The lowest BCUT2D eigenvalue weighted by Gasteiger charge is -2.59. The van der Waals surface area contributed by atoms with Crippen molar-refractivity contribution >= 4 is 11.6 Å². The van der Waals surface area contributed by atoms with Crippen molar-refractivity contribution in [1.29, 1.82) is 0 Å². The molecule has 0 bridgehead atoms. The van der Waals surface area contributed by atoms with Crippen molar-refractivity contribution in [2.45, 2.75) is 71.6 Å². The molecule has 0 amide bonds. The van der Waals surface area contributed by atoms with Gasteiger partial charge in [0.05, 0.1) is 0 Å². The predicted octanol–water partition coefficient (Wildman–Crippen LogP) is 4.17. The first-order chi connectivity index (χ1) is 9.95. The van der Waals surface area contributed by atoms with Crippen LogP contribution in [-0.4, -0.2) is 11.6 Å². The van der Waals surface area contributed by atoms with E-state index in [1.165, 1.54) is 19.3 Å². The van der Waals surface area contributed by atoms with E-state index in [1.807, 2.05) is 0 Å². The average molecular weight is 288 g/mol. The second kappa shape index (κ2) is 4.43. The first kappa shape index (κ1) is 14.0. The molecule has 4 aliphatic rings. The molecular weight excluding hydrogens is 260 g/mol. The Morgan fingerprint density at radius 3 is 2.52 bits per heavy atom. The highest BCUT2D eigenvalue weighted by Crippen LogP contribution is 2.65. The Kier molecular flexibility index (Phi) is 2.94. The fourth-order valence-electron chi connectivity index (χ4n) is 6.82. The summed E-state index contributed by atoms with van der Waals surface area (Å²) >= 11 is 0. The highest BCUT2D eigenvalue weighted by Gasteiger charge is 2.60. The molecule has 0 heterocycles. The second-order valence-corrected chi connectivity index (χ2v) is 8.82. The lowest BCUT2D eigenvalue weighted by Crippen LogP contribution is -2.53. The fraction of sp³-hybridized carbons (Fsp3) is 0.895. The van der Waals surface area contributed by atoms with Crippen molar-refractivity contribution in [1.82, 2.24) is 0 Å². The molecule has 0 unspecified atom stereocenters. The zero-order valence-electron chi connectivity index (χ0n) is 13.5. The van der Waals surface area contributed by atoms with Crippen molar-refractivity contribution in [2.75, 3.05) is 0 Å². The molecule has 0 spiro atoms. The summed E-state index contributed by atoms with van der Waals surface area (Å²) in [5, 5.41) is 0. The molecule has 116 valence electrons. The van der Waals surface area contributed by atoms with Gasteiger partial charge in [-0.1, -0.05) is 13.8 Å². The summed E-state index contributed by atoms with van der Waals surface area (Å²) in [7, 11) is 0. The minimum Gasteiger partial charge on any atom is -0.300 e. The van der Waals surface area contributed by atoms with Crippen LogP contribution in [-0.2, 0) is 9.59 Å². The number of rotatable bonds is 0. The number of ketones is 2. The van der Waals surface area contributed by atoms with Gasteiger partial charge in [-0.05, 0) is 67.6 Å². The number of carbonyl (C=O) groups excluding carboxylic acids is 2. The van der Waals surface area contributed by atoms with E-state index in [-0.39, 0.29) is 5.41 Å². The van der Waals surface area contributed by atoms with Gasteiger partial charge in [0.2, 0.25) is 0 Å². The molecule has 21 heavy (non-hydrogen) atoms. The summed E-state index contributed by atoms with van der Waals surface area (Å²) in [6, 6.07) is 0. The number of hydrogen-bond donors (Lipinski definition) is 0. The van der Waals surface area contributed by atoms with Crippen LogP contribution >= 0.6 is 0 Å². The van der Waals surface area contributed by atoms with Gasteiger partial charge >= 0.3 is 0 Å². The minimum atomic E-state index is -0.00511. The minimum absolute atomic E-state index is 0.00511. The van der Waals surface area contributed by atoms with Gasteiger partial charge in [-0.2, -0.15) is 0 Å². The standard InChI is InChI=1S/C19H28O2/c1-18-9-7-13(20)11-12(18)3-4-14-15-5-6-17(21)19(15,2)10-8-16(14)18/h12,14-16H,3-11H2,1-2H3/t12-,14-,15-,16+,18+,19-/m1/s1. The third-order valence-corrected chi connectivity index (χ3v) is 8.19. The number of carbonyl (C=O) groups is 2. The van der Waals surface area contributed by atoms with Gasteiger partial charge < -0.3 is 0 Å². The monoisotopic (exact) mass is 288 g/mol.